The minimum atomic E-state index is 1.07. The topological polar surface area (TPSA) is 17.3 Å². The Morgan fingerprint density at radius 3 is 3.33 bits per heavy atom. The van der Waals surface area contributed by atoms with Crippen molar-refractivity contribution in [3.63, 3.8) is 0 Å². The van der Waals surface area contributed by atoms with Crippen LogP contribution in [0.2, 0.25) is 0 Å². The van der Waals surface area contributed by atoms with Crippen LogP contribution in [0.25, 0.3) is 15.9 Å². The highest BCUT2D eigenvalue weighted by atomic mass is 32.1. The third-order valence-electron chi connectivity index (χ3n) is 1.96. The zero-order chi connectivity index (χ0) is 7.97. The molecule has 0 aliphatic heterocycles. The van der Waals surface area contributed by atoms with Gasteiger partial charge >= 0.3 is 0 Å². The lowest BCUT2D eigenvalue weighted by atomic mass is 10.5. The van der Waals surface area contributed by atoms with E-state index in [2.05, 4.69) is 27.0 Å². The van der Waals surface area contributed by atoms with E-state index in [4.69, 9.17) is 0 Å². The molecule has 0 aliphatic carbocycles. The number of thiophene rings is 1. The number of hydrogen-bond donors (Lipinski definition) is 0. The quantitative estimate of drug-likeness (QED) is 0.512. The van der Waals surface area contributed by atoms with Crippen molar-refractivity contribution in [2.45, 2.75) is 0 Å². The average molecular weight is 174 g/mol. The maximum atomic E-state index is 4.33. The maximum absolute atomic E-state index is 4.33. The molecule has 2 nitrogen and oxygen atoms in total. The van der Waals surface area contributed by atoms with Gasteiger partial charge in [0.25, 0.3) is 0 Å². The van der Waals surface area contributed by atoms with Gasteiger partial charge in [-0.25, -0.2) is 0 Å². The molecule has 0 aliphatic rings. The minimum Gasteiger partial charge on any atom is -0.305 e. The van der Waals surface area contributed by atoms with Crippen molar-refractivity contribution in [1.29, 1.82) is 0 Å². The van der Waals surface area contributed by atoms with Gasteiger partial charge in [0.15, 0.2) is 0 Å². The summed E-state index contributed by atoms with van der Waals surface area (Å²) in [4.78, 5) is 5.55. The molecule has 3 aromatic rings. The first kappa shape index (κ1) is 6.20. The molecule has 0 saturated heterocycles. The van der Waals surface area contributed by atoms with Gasteiger partial charge in [0.1, 0.15) is 4.83 Å². The maximum Gasteiger partial charge on any atom is 0.126 e. The predicted octanol–water partition coefficient (Wildman–Crippen LogP) is 2.55. The van der Waals surface area contributed by atoms with Crippen LogP contribution in [0.1, 0.15) is 0 Å². The normalized spacial score (nSPS) is 11.3. The molecule has 0 bridgehead atoms. The van der Waals surface area contributed by atoms with E-state index in [0.29, 0.717) is 0 Å². The molecule has 3 aromatic heterocycles. The van der Waals surface area contributed by atoms with E-state index < -0.39 is 0 Å². The SMILES string of the molecule is c1cc2cnc3ccsc3n2c1. The molecule has 0 N–H and O–H groups in total. The molecule has 3 heteroatoms. The molecule has 0 aromatic carbocycles. The number of aromatic nitrogens is 2. The van der Waals surface area contributed by atoms with Crippen LogP contribution < -0.4 is 0 Å². The summed E-state index contributed by atoms with van der Waals surface area (Å²) in [6.45, 7) is 0. The molecule has 3 heterocycles. The van der Waals surface area contributed by atoms with E-state index in [1.54, 1.807) is 11.3 Å². The molecule has 12 heavy (non-hydrogen) atoms. The number of rotatable bonds is 0. The fourth-order valence-corrected chi connectivity index (χ4v) is 2.24. The smallest absolute Gasteiger partial charge is 0.126 e. The molecule has 3 rings (SSSR count). The van der Waals surface area contributed by atoms with Crippen LogP contribution in [0.5, 0.6) is 0 Å². The average Bonchev–Trinajstić information content (AvgIpc) is 2.71. The number of hydrogen-bond acceptors (Lipinski definition) is 2. The van der Waals surface area contributed by atoms with Crippen LogP contribution in [0.15, 0.2) is 36.0 Å². The third kappa shape index (κ3) is 0.662. The lowest BCUT2D eigenvalue weighted by Gasteiger charge is -1.94. The fraction of sp³-hybridized carbons (Fsp3) is 0. The van der Waals surface area contributed by atoms with Crippen molar-refractivity contribution >= 4 is 27.2 Å². The number of fused-ring (bicyclic) bond motifs is 3. The van der Waals surface area contributed by atoms with Crippen molar-refractivity contribution in [1.82, 2.24) is 9.38 Å². The lowest BCUT2D eigenvalue weighted by molar-refractivity contribution is 1.25. The summed E-state index contributed by atoms with van der Waals surface area (Å²) in [7, 11) is 0. The summed E-state index contributed by atoms with van der Waals surface area (Å²) in [6.07, 6.45) is 3.96. The van der Waals surface area contributed by atoms with Gasteiger partial charge in [0.05, 0.1) is 17.2 Å². The van der Waals surface area contributed by atoms with Crippen LogP contribution in [0, 0.1) is 0 Å². The first-order valence-corrected chi connectivity index (χ1v) is 4.62. The molecule has 0 atom stereocenters. The molecule has 0 radical (unpaired) electrons. The van der Waals surface area contributed by atoms with Crippen LogP contribution in [-0.2, 0) is 0 Å². The summed E-state index contributed by atoms with van der Waals surface area (Å²) < 4.78 is 2.16. The Hall–Kier alpha value is -1.35. The van der Waals surface area contributed by atoms with Gasteiger partial charge in [-0.1, -0.05) is 0 Å². The van der Waals surface area contributed by atoms with Crippen molar-refractivity contribution < 1.29 is 0 Å². The van der Waals surface area contributed by atoms with Gasteiger partial charge in [-0.3, -0.25) is 4.98 Å². The summed E-state index contributed by atoms with van der Waals surface area (Å²) in [5, 5.41) is 2.07. The highest BCUT2D eigenvalue weighted by molar-refractivity contribution is 7.16. The van der Waals surface area contributed by atoms with Crippen molar-refractivity contribution in [3.05, 3.63) is 36.0 Å². The monoisotopic (exact) mass is 174 g/mol. The van der Waals surface area contributed by atoms with Crippen LogP contribution >= 0.6 is 11.3 Å². The second kappa shape index (κ2) is 2.08. The second-order valence-corrected chi connectivity index (χ2v) is 3.57. The fourth-order valence-electron chi connectivity index (χ4n) is 1.39. The zero-order valence-corrected chi connectivity index (χ0v) is 7.08. The van der Waals surface area contributed by atoms with Gasteiger partial charge in [0.2, 0.25) is 0 Å². The van der Waals surface area contributed by atoms with Crippen LogP contribution in [-0.4, -0.2) is 9.38 Å². The van der Waals surface area contributed by atoms with E-state index in [1.165, 1.54) is 4.83 Å². The summed E-state index contributed by atoms with van der Waals surface area (Å²) in [5.74, 6) is 0. The minimum absolute atomic E-state index is 1.07. The Labute approximate surface area is 73.1 Å². The third-order valence-corrected chi connectivity index (χ3v) is 2.86. The molecule has 0 saturated carbocycles. The van der Waals surface area contributed by atoms with Crippen molar-refractivity contribution in [2.75, 3.05) is 0 Å². The molecular formula is C9H6N2S. The Morgan fingerprint density at radius 1 is 1.33 bits per heavy atom. The van der Waals surface area contributed by atoms with E-state index in [9.17, 15) is 0 Å². The van der Waals surface area contributed by atoms with Crippen molar-refractivity contribution in [3.8, 4) is 0 Å². The number of nitrogens with zero attached hydrogens (tertiary/aromatic N) is 2. The summed E-state index contributed by atoms with van der Waals surface area (Å²) >= 11 is 1.72. The van der Waals surface area contributed by atoms with E-state index in [1.807, 2.05) is 18.3 Å². The first-order chi connectivity index (χ1) is 5.95. The highest BCUT2D eigenvalue weighted by Crippen LogP contribution is 2.20. The molecule has 0 fully saturated rings. The first-order valence-electron chi connectivity index (χ1n) is 3.74. The molecule has 0 spiro atoms. The highest BCUT2D eigenvalue weighted by Gasteiger charge is 1.99. The molecule has 58 valence electrons. The molecule has 0 unspecified atom stereocenters. The van der Waals surface area contributed by atoms with Gasteiger partial charge in [-0.05, 0) is 23.6 Å². The Bertz CT molecular complexity index is 486. The van der Waals surface area contributed by atoms with E-state index in [-0.39, 0.29) is 0 Å². The lowest BCUT2D eigenvalue weighted by Crippen LogP contribution is -1.83. The van der Waals surface area contributed by atoms with Crippen LogP contribution in [0.4, 0.5) is 0 Å². The summed E-state index contributed by atoms with van der Waals surface area (Å²) in [5.41, 5.74) is 2.23. The van der Waals surface area contributed by atoms with E-state index >= 15 is 0 Å². The van der Waals surface area contributed by atoms with Crippen molar-refractivity contribution in [2.24, 2.45) is 0 Å². The largest absolute Gasteiger partial charge is 0.305 e. The second-order valence-electron chi connectivity index (χ2n) is 2.67. The predicted molar refractivity (Wildman–Crippen MR) is 50.6 cm³/mol. The summed E-state index contributed by atoms with van der Waals surface area (Å²) in [6, 6.07) is 6.14. The van der Waals surface area contributed by atoms with Gasteiger partial charge in [-0.2, -0.15) is 0 Å². The van der Waals surface area contributed by atoms with Crippen LogP contribution in [0.3, 0.4) is 0 Å². The Kier molecular flexibility index (Phi) is 1.07. The standard InChI is InChI=1S/C9H6N2S/c1-2-7-6-10-8-3-5-12-9(8)11(7)4-1/h1-6H. The van der Waals surface area contributed by atoms with Gasteiger partial charge in [-0.15, -0.1) is 11.3 Å². The van der Waals surface area contributed by atoms with E-state index in [0.717, 1.165) is 11.0 Å². The molecular weight excluding hydrogens is 168 g/mol. The molecule has 0 amide bonds. The zero-order valence-electron chi connectivity index (χ0n) is 6.27. The Morgan fingerprint density at radius 2 is 2.33 bits per heavy atom. The Balaban J connectivity index is 2.71. The van der Waals surface area contributed by atoms with Gasteiger partial charge in [0, 0.05) is 6.20 Å². The van der Waals surface area contributed by atoms with Gasteiger partial charge < -0.3 is 4.40 Å².